The average molecular weight is 412 g/mol. The molecule has 3 rings (SSSR count). The van der Waals surface area contributed by atoms with Gasteiger partial charge in [-0.05, 0) is 42.5 Å². The minimum atomic E-state index is -0.894. The summed E-state index contributed by atoms with van der Waals surface area (Å²) in [6.45, 7) is 0. The fourth-order valence-electron chi connectivity index (χ4n) is 3.80. The van der Waals surface area contributed by atoms with E-state index in [1.807, 2.05) is 6.07 Å². The molecule has 1 unspecified atom stereocenters. The molecule has 0 radical (unpaired) electrons. The van der Waals surface area contributed by atoms with E-state index in [0.717, 1.165) is 5.56 Å². The van der Waals surface area contributed by atoms with Crippen molar-refractivity contribution >= 4 is 17.8 Å². The van der Waals surface area contributed by atoms with E-state index >= 15 is 0 Å². The van der Waals surface area contributed by atoms with E-state index in [-0.39, 0.29) is 24.1 Å². The summed E-state index contributed by atoms with van der Waals surface area (Å²) < 4.78 is 18.0. The second-order valence-corrected chi connectivity index (χ2v) is 7.57. The fraction of sp³-hybridized carbons (Fsp3) is 0.348. The molecule has 30 heavy (non-hydrogen) atoms. The first-order chi connectivity index (χ1) is 14.4. The Bertz CT molecular complexity index is 901. The summed E-state index contributed by atoms with van der Waals surface area (Å²) in [6.07, 6.45) is 2.02. The molecule has 1 aliphatic rings. The molecule has 2 amide bonds. The van der Waals surface area contributed by atoms with Crippen LogP contribution >= 0.6 is 0 Å². The number of rotatable bonds is 8. The molecule has 2 atom stereocenters. The molecule has 6 nitrogen and oxygen atoms in total. The summed E-state index contributed by atoms with van der Waals surface area (Å²) in [5.41, 5.74) is 0.948. The number of esters is 1. The predicted octanol–water partition coefficient (Wildman–Crippen LogP) is 2.83. The van der Waals surface area contributed by atoms with Crippen LogP contribution in [-0.4, -0.2) is 30.4 Å². The Morgan fingerprint density at radius 2 is 1.87 bits per heavy atom. The maximum absolute atomic E-state index is 13.2. The third-order valence-electron chi connectivity index (χ3n) is 5.40. The highest BCUT2D eigenvalue weighted by atomic mass is 19.1. The molecule has 0 aromatic heterocycles. The van der Waals surface area contributed by atoms with Gasteiger partial charge in [0.25, 0.3) is 0 Å². The van der Waals surface area contributed by atoms with Crippen LogP contribution in [-0.2, 0) is 25.5 Å². The predicted molar refractivity (Wildman–Crippen MR) is 109 cm³/mol. The second-order valence-electron chi connectivity index (χ2n) is 7.57. The number of nitrogens with one attached hydrogen (secondary N) is 2. The number of ether oxygens (including phenoxy) is 1. The van der Waals surface area contributed by atoms with Crippen LogP contribution < -0.4 is 10.6 Å². The Morgan fingerprint density at radius 1 is 1.17 bits per heavy atom. The molecule has 0 saturated carbocycles. The highest BCUT2D eigenvalue weighted by molar-refractivity contribution is 5.85. The number of hydrogen-bond donors (Lipinski definition) is 2. The molecule has 7 heteroatoms. The minimum absolute atomic E-state index is 0.0609. The maximum atomic E-state index is 13.2. The van der Waals surface area contributed by atoms with E-state index in [1.165, 1.54) is 19.2 Å². The van der Waals surface area contributed by atoms with Gasteiger partial charge in [-0.2, -0.15) is 0 Å². The quantitative estimate of drug-likeness (QED) is 0.653. The SMILES string of the molecule is COC(=O)[C@@H](NC(=O)CCC1(Cc2ccc(F)cc2)CCC(=O)N1)c1ccccc1. The summed E-state index contributed by atoms with van der Waals surface area (Å²) in [6, 6.07) is 14.1. The van der Waals surface area contributed by atoms with Crippen LogP contribution in [0.1, 0.15) is 42.9 Å². The maximum Gasteiger partial charge on any atom is 0.333 e. The van der Waals surface area contributed by atoms with Crippen LogP contribution in [0.4, 0.5) is 4.39 Å². The number of hydrogen-bond acceptors (Lipinski definition) is 4. The van der Waals surface area contributed by atoms with E-state index in [2.05, 4.69) is 10.6 Å². The summed E-state index contributed by atoms with van der Waals surface area (Å²) >= 11 is 0. The summed E-state index contributed by atoms with van der Waals surface area (Å²) in [7, 11) is 1.27. The lowest BCUT2D eigenvalue weighted by atomic mass is 9.85. The van der Waals surface area contributed by atoms with Crippen LogP contribution in [0, 0.1) is 5.82 Å². The first-order valence-corrected chi connectivity index (χ1v) is 9.88. The van der Waals surface area contributed by atoms with E-state index in [1.54, 1.807) is 36.4 Å². The van der Waals surface area contributed by atoms with Crippen LogP contribution in [0.2, 0.25) is 0 Å². The first kappa shape index (κ1) is 21.5. The zero-order valence-corrected chi connectivity index (χ0v) is 16.8. The minimum Gasteiger partial charge on any atom is -0.467 e. The van der Waals surface area contributed by atoms with Crippen LogP contribution in [0.5, 0.6) is 0 Å². The number of amides is 2. The van der Waals surface area contributed by atoms with Crippen LogP contribution in [0.3, 0.4) is 0 Å². The average Bonchev–Trinajstić information content (AvgIpc) is 3.13. The summed E-state index contributed by atoms with van der Waals surface area (Å²) in [5, 5.41) is 5.73. The fourth-order valence-corrected chi connectivity index (χ4v) is 3.80. The Kier molecular flexibility index (Phi) is 6.82. The third kappa shape index (κ3) is 5.43. The van der Waals surface area contributed by atoms with Crippen LogP contribution in [0.25, 0.3) is 0 Å². The number of benzene rings is 2. The van der Waals surface area contributed by atoms with E-state index in [0.29, 0.717) is 31.2 Å². The zero-order valence-electron chi connectivity index (χ0n) is 16.8. The van der Waals surface area contributed by atoms with E-state index in [9.17, 15) is 18.8 Å². The lowest BCUT2D eigenvalue weighted by molar-refractivity contribution is -0.145. The van der Waals surface area contributed by atoms with Crippen molar-refractivity contribution in [3.63, 3.8) is 0 Å². The molecule has 2 aromatic rings. The van der Waals surface area contributed by atoms with E-state index < -0.39 is 17.6 Å². The Hall–Kier alpha value is -3.22. The van der Waals surface area contributed by atoms with Gasteiger partial charge in [0.15, 0.2) is 6.04 Å². The molecular formula is C23H25FN2O4. The largest absolute Gasteiger partial charge is 0.467 e. The van der Waals surface area contributed by atoms with Crippen molar-refractivity contribution in [2.24, 2.45) is 0 Å². The number of halogens is 1. The van der Waals surface area contributed by atoms with Crippen molar-refractivity contribution in [3.8, 4) is 0 Å². The van der Waals surface area contributed by atoms with Gasteiger partial charge >= 0.3 is 5.97 Å². The lowest BCUT2D eigenvalue weighted by Gasteiger charge is -2.29. The Labute approximate surface area is 174 Å². The molecule has 0 spiro atoms. The van der Waals surface area contributed by atoms with E-state index in [4.69, 9.17) is 4.74 Å². The normalized spacial score (nSPS) is 19.1. The lowest BCUT2D eigenvalue weighted by Crippen LogP contribution is -2.45. The number of carbonyl (C=O) groups is 3. The summed E-state index contributed by atoms with van der Waals surface area (Å²) in [4.78, 5) is 36.7. The van der Waals surface area contributed by atoms with Crippen LogP contribution in [0.15, 0.2) is 54.6 Å². The van der Waals surface area contributed by atoms with Gasteiger partial charge in [0.05, 0.1) is 7.11 Å². The van der Waals surface area contributed by atoms with Crippen molar-refractivity contribution in [2.45, 2.75) is 43.7 Å². The van der Waals surface area contributed by atoms with Crippen molar-refractivity contribution in [1.29, 1.82) is 0 Å². The van der Waals surface area contributed by atoms with Crippen molar-refractivity contribution in [3.05, 3.63) is 71.5 Å². The third-order valence-corrected chi connectivity index (χ3v) is 5.40. The second kappa shape index (κ2) is 9.52. The van der Waals surface area contributed by atoms with Gasteiger partial charge in [0, 0.05) is 18.4 Å². The molecule has 0 aliphatic carbocycles. The topological polar surface area (TPSA) is 84.5 Å². The summed E-state index contributed by atoms with van der Waals surface area (Å²) in [5.74, 6) is -1.25. The van der Waals surface area contributed by atoms with Gasteiger partial charge in [-0.25, -0.2) is 9.18 Å². The number of methoxy groups -OCH3 is 1. The molecule has 1 fully saturated rings. The molecule has 2 N–H and O–H groups in total. The van der Waals surface area contributed by atoms with Gasteiger partial charge in [0.2, 0.25) is 11.8 Å². The molecule has 1 aliphatic heterocycles. The van der Waals surface area contributed by atoms with Gasteiger partial charge < -0.3 is 15.4 Å². The molecular weight excluding hydrogens is 387 g/mol. The van der Waals surface area contributed by atoms with Crippen molar-refractivity contribution < 1.29 is 23.5 Å². The highest BCUT2D eigenvalue weighted by Gasteiger charge is 2.38. The molecule has 158 valence electrons. The van der Waals surface area contributed by atoms with Gasteiger partial charge in [-0.15, -0.1) is 0 Å². The van der Waals surface area contributed by atoms with Gasteiger partial charge in [-0.3, -0.25) is 9.59 Å². The van der Waals surface area contributed by atoms with Gasteiger partial charge in [-0.1, -0.05) is 42.5 Å². The highest BCUT2D eigenvalue weighted by Crippen LogP contribution is 2.30. The Morgan fingerprint density at radius 3 is 2.47 bits per heavy atom. The number of carbonyl (C=O) groups excluding carboxylic acids is 3. The Balaban J connectivity index is 1.67. The zero-order chi connectivity index (χ0) is 21.6. The van der Waals surface area contributed by atoms with Gasteiger partial charge in [0.1, 0.15) is 5.82 Å². The molecule has 2 aromatic carbocycles. The standard InChI is InChI=1S/C23H25FN2O4/c1-30-22(29)21(17-5-3-2-4-6-17)25-19(27)11-13-23(14-12-20(28)26-23)15-16-7-9-18(24)10-8-16/h2-10,21H,11-15H2,1H3,(H,25,27)(H,26,28)/t21-,23?/m0/s1. The molecule has 0 bridgehead atoms. The molecule has 1 heterocycles. The van der Waals surface area contributed by atoms with Crippen molar-refractivity contribution in [1.82, 2.24) is 10.6 Å². The monoisotopic (exact) mass is 412 g/mol. The molecule has 1 saturated heterocycles. The first-order valence-electron chi connectivity index (χ1n) is 9.88. The van der Waals surface area contributed by atoms with Crippen molar-refractivity contribution in [2.75, 3.05) is 7.11 Å². The smallest absolute Gasteiger partial charge is 0.333 e.